The minimum Gasteiger partial charge on any atom is -0.493 e. The summed E-state index contributed by atoms with van der Waals surface area (Å²) in [6, 6.07) is 11.3. The molecule has 0 radical (unpaired) electrons. The van der Waals surface area contributed by atoms with Gasteiger partial charge in [0.15, 0.2) is 11.5 Å². The molecular formula is C23H28BrFO2S. The number of fused-ring (bicyclic) bond motifs is 1. The van der Waals surface area contributed by atoms with Crippen molar-refractivity contribution in [2.75, 3.05) is 25.3 Å². The van der Waals surface area contributed by atoms with Crippen LogP contribution >= 0.6 is 27.7 Å². The molecule has 2 aromatic carbocycles. The highest BCUT2D eigenvalue weighted by molar-refractivity contribution is 9.09. The van der Waals surface area contributed by atoms with Gasteiger partial charge in [0, 0.05) is 5.33 Å². The number of thioether (sulfide) groups is 1. The van der Waals surface area contributed by atoms with E-state index in [9.17, 15) is 4.39 Å². The number of alkyl halides is 1. The fourth-order valence-electron chi connectivity index (χ4n) is 4.02. The quantitative estimate of drug-likeness (QED) is 0.448. The topological polar surface area (TPSA) is 18.5 Å². The summed E-state index contributed by atoms with van der Waals surface area (Å²) in [5, 5.41) is 0.895. The number of aryl methyl sites for hydroxylation is 1. The van der Waals surface area contributed by atoms with Gasteiger partial charge >= 0.3 is 0 Å². The zero-order valence-corrected chi connectivity index (χ0v) is 19.4. The van der Waals surface area contributed by atoms with E-state index in [1.54, 1.807) is 26.4 Å². The Hall–Kier alpha value is -1.20. The summed E-state index contributed by atoms with van der Waals surface area (Å²) in [5.74, 6) is 2.35. The van der Waals surface area contributed by atoms with Crippen molar-refractivity contribution in [2.24, 2.45) is 5.41 Å². The molecule has 28 heavy (non-hydrogen) atoms. The molecule has 0 aliphatic carbocycles. The number of methoxy groups -OCH3 is 2. The molecule has 0 N–H and O–H groups in total. The number of hydrogen-bond acceptors (Lipinski definition) is 3. The number of halogens is 2. The lowest BCUT2D eigenvalue weighted by Crippen LogP contribution is -2.32. The highest BCUT2D eigenvalue weighted by Crippen LogP contribution is 2.54. The fourth-order valence-corrected chi connectivity index (χ4v) is 5.99. The van der Waals surface area contributed by atoms with Gasteiger partial charge in [0.1, 0.15) is 5.82 Å². The molecule has 0 saturated carbocycles. The molecule has 3 rings (SSSR count). The third-order valence-corrected chi connectivity index (χ3v) is 8.49. The SMILES string of the molecule is COc1cc2c(cc1OC)C(CC(C)(C)CBr)(c1ccc(F)cc1)SCCC2. The molecule has 0 spiro atoms. The molecule has 1 heterocycles. The number of benzene rings is 2. The van der Waals surface area contributed by atoms with Crippen LogP contribution in [0.1, 0.15) is 43.4 Å². The second-order valence-corrected chi connectivity index (χ2v) is 10.1. The summed E-state index contributed by atoms with van der Waals surface area (Å²) in [7, 11) is 3.35. The fraction of sp³-hybridized carbons (Fsp3) is 0.478. The Kier molecular flexibility index (Phi) is 6.65. The molecule has 1 atom stereocenters. The maximum atomic E-state index is 13.7. The summed E-state index contributed by atoms with van der Waals surface area (Å²) in [5.41, 5.74) is 3.75. The van der Waals surface area contributed by atoms with Gasteiger partial charge in [-0.1, -0.05) is 41.9 Å². The Morgan fingerprint density at radius 3 is 2.36 bits per heavy atom. The van der Waals surface area contributed by atoms with Crippen molar-refractivity contribution in [3.8, 4) is 11.5 Å². The van der Waals surface area contributed by atoms with Gasteiger partial charge in [-0.25, -0.2) is 4.39 Å². The molecule has 2 nitrogen and oxygen atoms in total. The normalized spacial score (nSPS) is 19.6. The zero-order chi connectivity index (χ0) is 20.4. The Morgan fingerprint density at radius 2 is 1.75 bits per heavy atom. The Bertz CT molecular complexity index is 822. The van der Waals surface area contributed by atoms with E-state index in [1.807, 2.05) is 23.9 Å². The molecule has 0 saturated heterocycles. The van der Waals surface area contributed by atoms with E-state index in [2.05, 4.69) is 41.9 Å². The summed E-state index contributed by atoms with van der Waals surface area (Å²) in [6.45, 7) is 4.55. The molecule has 1 unspecified atom stereocenters. The van der Waals surface area contributed by atoms with Crippen LogP contribution < -0.4 is 9.47 Å². The minimum absolute atomic E-state index is 0.0656. The maximum absolute atomic E-state index is 13.7. The van der Waals surface area contributed by atoms with Crippen molar-refractivity contribution in [1.29, 1.82) is 0 Å². The lowest BCUT2D eigenvalue weighted by atomic mass is 9.75. The number of rotatable bonds is 6. The minimum atomic E-state index is -0.268. The van der Waals surface area contributed by atoms with Gasteiger partial charge in [0.2, 0.25) is 0 Å². The van der Waals surface area contributed by atoms with Gasteiger partial charge in [0.05, 0.1) is 19.0 Å². The zero-order valence-electron chi connectivity index (χ0n) is 17.0. The molecular weight excluding hydrogens is 439 g/mol. The first-order valence-corrected chi connectivity index (χ1v) is 11.7. The van der Waals surface area contributed by atoms with E-state index >= 15 is 0 Å². The van der Waals surface area contributed by atoms with Crippen LogP contribution in [0.3, 0.4) is 0 Å². The monoisotopic (exact) mass is 466 g/mol. The maximum Gasteiger partial charge on any atom is 0.161 e. The Balaban J connectivity index is 2.28. The largest absolute Gasteiger partial charge is 0.493 e. The Morgan fingerprint density at radius 1 is 1.11 bits per heavy atom. The molecule has 5 heteroatoms. The molecule has 0 bridgehead atoms. The van der Waals surface area contributed by atoms with Crippen molar-refractivity contribution >= 4 is 27.7 Å². The predicted molar refractivity (Wildman–Crippen MR) is 120 cm³/mol. The van der Waals surface area contributed by atoms with Gasteiger partial charge < -0.3 is 9.47 Å². The summed E-state index contributed by atoms with van der Waals surface area (Å²) in [6.07, 6.45) is 3.04. The van der Waals surface area contributed by atoms with E-state index < -0.39 is 0 Å². The van der Waals surface area contributed by atoms with E-state index in [-0.39, 0.29) is 16.0 Å². The number of hydrogen-bond donors (Lipinski definition) is 0. The highest BCUT2D eigenvalue weighted by Gasteiger charge is 2.42. The highest BCUT2D eigenvalue weighted by atomic mass is 79.9. The number of ether oxygens (including phenoxy) is 2. The average Bonchev–Trinajstić information content (AvgIpc) is 2.87. The second-order valence-electron chi connectivity index (χ2n) is 8.12. The molecule has 1 aliphatic heterocycles. The first kappa shape index (κ1) is 21.5. The van der Waals surface area contributed by atoms with Crippen LogP contribution in [0.15, 0.2) is 36.4 Å². The first-order valence-electron chi connectivity index (χ1n) is 9.56. The van der Waals surface area contributed by atoms with Crippen LogP contribution in [0.25, 0.3) is 0 Å². The van der Waals surface area contributed by atoms with Gasteiger partial charge in [-0.05, 0) is 71.4 Å². The molecule has 1 aliphatic rings. The van der Waals surface area contributed by atoms with E-state index in [0.717, 1.165) is 47.4 Å². The van der Waals surface area contributed by atoms with Crippen LogP contribution in [-0.4, -0.2) is 25.3 Å². The van der Waals surface area contributed by atoms with E-state index in [4.69, 9.17) is 9.47 Å². The standard InChI is InChI=1S/C23H28BrFO2S/c1-22(2,15-24)14-23(17-7-9-18(25)10-8-17)19-13-21(27-4)20(26-3)12-16(19)6-5-11-28-23/h7-10,12-13H,5-6,11,14-15H2,1-4H3. The molecule has 152 valence electrons. The molecule has 0 amide bonds. The smallest absolute Gasteiger partial charge is 0.161 e. The van der Waals surface area contributed by atoms with Crippen LogP contribution in [0.4, 0.5) is 4.39 Å². The summed E-state index contributed by atoms with van der Waals surface area (Å²) >= 11 is 5.67. The van der Waals surface area contributed by atoms with Gasteiger partial charge in [0.25, 0.3) is 0 Å². The van der Waals surface area contributed by atoms with Gasteiger partial charge in [-0.15, -0.1) is 11.8 Å². The molecule has 2 aromatic rings. The van der Waals surface area contributed by atoms with Crippen LogP contribution in [0.2, 0.25) is 0 Å². The second kappa shape index (κ2) is 8.66. The van der Waals surface area contributed by atoms with E-state index in [0.29, 0.717) is 0 Å². The van der Waals surface area contributed by atoms with Crippen molar-refractivity contribution in [3.63, 3.8) is 0 Å². The predicted octanol–water partition coefficient (Wildman–Crippen LogP) is 6.58. The summed E-state index contributed by atoms with van der Waals surface area (Å²) in [4.78, 5) is 0. The third kappa shape index (κ3) is 4.20. The lowest BCUT2D eigenvalue weighted by Gasteiger charge is -2.40. The molecule has 0 aromatic heterocycles. The summed E-state index contributed by atoms with van der Waals surface area (Å²) < 4.78 is 24.7. The Labute approximate surface area is 180 Å². The molecule has 0 fully saturated rings. The van der Waals surface area contributed by atoms with Crippen molar-refractivity contribution in [1.82, 2.24) is 0 Å². The van der Waals surface area contributed by atoms with Crippen molar-refractivity contribution in [2.45, 2.75) is 37.9 Å². The van der Waals surface area contributed by atoms with Crippen LogP contribution in [0, 0.1) is 11.2 Å². The average molecular weight is 467 g/mol. The van der Waals surface area contributed by atoms with E-state index in [1.165, 1.54) is 11.1 Å². The third-order valence-electron chi connectivity index (χ3n) is 5.38. The van der Waals surface area contributed by atoms with Crippen molar-refractivity contribution in [3.05, 3.63) is 58.9 Å². The first-order chi connectivity index (χ1) is 13.3. The van der Waals surface area contributed by atoms with Gasteiger partial charge in [-0.3, -0.25) is 0 Å². The van der Waals surface area contributed by atoms with Crippen molar-refractivity contribution < 1.29 is 13.9 Å². The lowest BCUT2D eigenvalue weighted by molar-refractivity contribution is 0.344. The van der Waals surface area contributed by atoms with Crippen LogP contribution in [-0.2, 0) is 11.2 Å². The van der Waals surface area contributed by atoms with Gasteiger partial charge in [-0.2, -0.15) is 0 Å². The van der Waals surface area contributed by atoms with Crippen LogP contribution in [0.5, 0.6) is 11.5 Å².